The van der Waals surface area contributed by atoms with Crippen LogP contribution in [0.2, 0.25) is 0 Å². The lowest BCUT2D eigenvalue weighted by atomic mass is 9.91. The minimum Gasteiger partial charge on any atom is -0.489 e. The van der Waals surface area contributed by atoms with Gasteiger partial charge in [-0.3, -0.25) is 9.59 Å². The van der Waals surface area contributed by atoms with E-state index in [1.54, 1.807) is 0 Å². The van der Waals surface area contributed by atoms with Crippen molar-refractivity contribution in [3.63, 3.8) is 0 Å². The van der Waals surface area contributed by atoms with Crippen molar-refractivity contribution in [1.29, 1.82) is 0 Å². The molecular weight excluding hydrogens is 484 g/mol. The van der Waals surface area contributed by atoms with E-state index in [0.29, 0.717) is 19.4 Å². The zero-order valence-electron chi connectivity index (χ0n) is 24.5. The van der Waals surface area contributed by atoms with Crippen molar-refractivity contribution in [2.75, 3.05) is 5.32 Å². The van der Waals surface area contributed by atoms with Crippen LogP contribution in [0, 0.1) is 5.41 Å². The van der Waals surface area contributed by atoms with Crippen LogP contribution in [0.25, 0.3) is 0 Å². The van der Waals surface area contributed by atoms with Gasteiger partial charge < -0.3 is 15.4 Å². The van der Waals surface area contributed by atoms with E-state index in [9.17, 15) is 9.59 Å². The highest BCUT2D eigenvalue weighted by atomic mass is 16.5. The Labute approximate surface area is 234 Å². The van der Waals surface area contributed by atoms with Crippen LogP contribution in [0.1, 0.15) is 89.0 Å². The van der Waals surface area contributed by atoms with E-state index in [1.165, 1.54) is 0 Å². The molecule has 0 saturated heterocycles. The molecule has 3 aromatic carbocycles. The Morgan fingerprint density at radius 3 is 1.90 bits per heavy atom. The summed E-state index contributed by atoms with van der Waals surface area (Å²) < 4.78 is 5.92. The Balaban J connectivity index is 1.80. The Morgan fingerprint density at radius 2 is 1.36 bits per heavy atom. The van der Waals surface area contributed by atoms with Crippen molar-refractivity contribution < 1.29 is 14.3 Å². The molecule has 1 atom stereocenters. The number of ether oxygens (including phenoxy) is 1. The molecule has 0 saturated carbocycles. The minimum absolute atomic E-state index is 0.133. The SMILES string of the molecule is CC(C)c1cccc(C(C)C)c1NC(=O)[C@H](Cc1ccc(OCc2ccccc2)cc1)NC(=O)CC(C)(C)C. The van der Waals surface area contributed by atoms with Gasteiger partial charge in [0.1, 0.15) is 18.4 Å². The Hall–Kier alpha value is -3.60. The summed E-state index contributed by atoms with van der Waals surface area (Å²) in [7, 11) is 0. The van der Waals surface area contributed by atoms with Gasteiger partial charge in [-0.05, 0) is 51.6 Å². The van der Waals surface area contributed by atoms with Gasteiger partial charge in [0, 0.05) is 18.5 Å². The second kappa shape index (κ2) is 13.5. The lowest BCUT2D eigenvalue weighted by Crippen LogP contribution is -2.46. The summed E-state index contributed by atoms with van der Waals surface area (Å²) in [6, 6.07) is 23.2. The van der Waals surface area contributed by atoms with Crippen LogP contribution in [0.5, 0.6) is 5.75 Å². The number of hydrogen-bond donors (Lipinski definition) is 2. The number of hydrogen-bond acceptors (Lipinski definition) is 3. The van der Waals surface area contributed by atoms with E-state index >= 15 is 0 Å². The van der Waals surface area contributed by atoms with Gasteiger partial charge in [-0.1, -0.05) is 109 Å². The maximum atomic E-state index is 13.7. The van der Waals surface area contributed by atoms with Crippen molar-refractivity contribution in [3.8, 4) is 5.75 Å². The normalized spacial score (nSPS) is 12.3. The molecule has 3 aromatic rings. The maximum Gasteiger partial charge on any atom is 0.247 e. The van der Waals surface area contributed by atoms with Crippen molar-refractivity contribution in [3.05, 3.63) is 95.1 Å². The third kappa shape index (κ3) is 9.27. The van der Waals surface area contributed by atoms with Crippen LogP contribution in [0.15, 0.2) is 72.8 Å². The Morgan fingerprint density at radius 1 is 0.769 bits per heavy atom. The highest BCUT2D eigenvalue weighted by Gasteiger charge is 2.26. The fourth-order valence-electron chi connectivity index (χ4n) is 4.54. The highest BCUT2D eigenvalue weighted by Crippen LogP contribution is 2.32. The lowest BCUT2D eigenvalue weighted by molar-refractivity contribution is -0.127. The highest BCUT2D eigenvalue weighted by molar-refractivity contribution is 5.98. The summed E-state index contributed by atoms with van der Waals surface area (Å²) in [5.74, 6) is 0.906. The predicted molar refractivity (Wildman–Crippen MR) is 160 cm³/mol. The van der Waals surface area contributed by atoms with Gasteiger partial charge in [-0.15, -0.1) is 0 Å². The smallest absolute Gasteiger partial charge is 0.247 e. The summed E-state index contributed by atoms with van der Waals surface area (Å²) in [6.07, 6.45) is 0.713. The lowest BCUT2D eigenvalue weighted by Gasteiger charge is -2.25. The number of rotatable bonds is 11. The zero-order valence-corrected chi connectivity index (χ0v) is 24.5. The number of carbonyl (C=O) groups is 2. The molecule has 0 heterocycles. The molecule has 0 unspecified atom stereocenters. The van der Waals surface area contributed by atoms with E-state index in [0.717, 1.165) is 33.7 Å². The number of anilines is 1. The molecule has 0 bridgehead atoms. The van der Waals surface area contributed by atoms with Crippen LogP contribution < -0.4 is 15.4 Å². The molecule has 0 radical (unpaired) electrons. The standard InChI is InChI=1S/C34H44N2O3/c1-23(2)28-14-11-15-29(24(3)4)32(28)36-33(38)30(35-31(37)21-34(5,6)7)20-25-16-18-27(19-17-25)39-22-26-12-9-8-10-13-26/h8-19,23-24,30H,20-22H2,1-7H3,(H,35,37)(H,36,38)/t30-/m0/s1. The van der Waals surface area contributed by atoms with Crippen molar-refractivity contribution in [2.24, 2.45) is 5.41 Å². The van der Waals surface area contributed by atoms with Gasteiger partial charge >= 0.3 is 0 Å². The van der Waals surface area contributed by atoms with E-state index < -0.39 is 6.04 Å². The fraction of sp³-hybridized carbons (Fsp3) is 0.412. The second-order valence-electron chi connectivity index (χ2n) is 12.1. The van der Waals surface area contributed by atoms with Crippen LogP contribution in [0.4, 0.5) is 5.69 Å². The average molecular weight is 529 g/mol. The van der Waals surface area contributed by atoms with E-state index in [-0.39, 0.29) is 29.1 Å². The van der Waals surface area contributed by atoms with Crippen LogP contribution in [0.3, 0.4) is 0 Å². The van der Waals surface area contributed by atoms with E-state index in [1.807, 2.05) is 81.4 Å². The molecule has 5 nitrogen and oxygen atoms in total. The number of carbonyl (C=O) groups excluding carboxylic acids is 2. The van der Waals surface area contributed by atoms with Crippen molar-refractivity contribution >= 4 is 17.5 Å². The van der Waals surface area contributed by atoms with Crippen molar-refractivity contribution in [2.45, 2.75) is 85.8 Å². The number of amides is 2. The molecule has 2 N–H and O–H groups in total. The average Bonchev–Trinajstić information content (AvgIpc) is 2.87. The molecule has 0 aromatic heterocycles. The van der Waals surface area contributed by atoms with Gasteiger partial charge in [0.2, 0.25) is 11.8 Å². The first-order valence-electron chi connectivity index (χ1n) is 13.9. The monoisotopic (exact) mass is 528 g/mol. The molecule has 39 heavy (non-hydrogen) atoms. The molecule has 0 aliphatic rings. The molecule has 0 aliphatic carbocycles. The predicted octanol–water partition coefficient (Wildman–Crippen LogP) is 7.61. The molecule has 208 valence electrons. The minimum atomic E-state index is -0.712. The molecule has 0 fully saturated rings. The molecule has 2 amide bonds. The summed E-state index contributed by atoms with van der Waals surface area (Å²) >= 11 is 0. The molecular formula is C34H44N2O3. The van der Waals surface area contributed by atoms with Gasteiger partial charge in [0.25, 0.3) is 0 Å². The number of para-hydroxylation sites is 1. The van der Waals surface area contributed by atoms with Crippen molar-refractivity contribution in [1.82, 2.24) is 5.32 Å². The van der Waals surface area contributed by atoms with Gasteiger partial charge in [0.15, 0.2) is 0 Å². The maximum absolute atomic E-state index is 13.7. The largest absolute Gasteiger partial charge is 0.489 e. The summed E-state index contributed by atoms with van der Waals surface area (Å²) in [5.41, 5.74) is 4.90. The topological polar surface area (TPSA) is 67.4 Å². The third-order valence-electron chi connectivity index (χ3n) is 6.58. The van der Waals surface area contributed by atoms with Gasteiger partial charge in [0.05, 0.1) is 0 Å². The molecule has 5 heteroatoms. The Bertz CT molecular complexity index is 1200. The first-order chi connectivity index (χ1) is 18.4. The number of benzene rings is 3. The molecule has 0 spiro atoms. The van der Waals surface area contributed by atoms with E-state index in [2.05, 4.69) is 50.5 Å². The van der Waals surface area contributed by atoms with Crippen LogP contribution in [-0.2, 0) is 22.6 Å². The van der Waals surface area contributed by atoms with Crippen LogP contribution in [-0.4, -0.2) is 17.9 Å². The summed E-state index contributed by atoms with van der Waals surface area (Å²) in [4.78, 5) is 26.7. The third-order valence-corrected chi connectivity index (χ3v) is 6.58. The molecule has 3 rings (SSSR count). The fourth-order valence-corrected chi connectivity index (χ4v) is 4.54. The first kappa shape index (κ1) is 29.9. The zero-order chi connectivity index (χ0) is 28.6. The first-order valence-corrected chi connectivity index (χ1v) is 13.9. The quantitative estimate of drug-likeness (QED) is 0.269. The van der Waals surface area contributed by atoms with E-state index in [4.69, 9.17) is 4.74 Å². The van der Waals surface area contributed by atoms with Gasteiger partial charge in [-0.2, -0.15) is 0 Å². The molecule has 0 aliphatic heterocycles. The van der Waals surface area contributed by atoms with Gasteiger partial charge in [-0.25, -0.2) is 0 Å². The second-order valence-corrected chi connectivity index (χ2v) is 12.1. The summed E-state index contributed by atoms with van der Waals surface area (Å²) in [6.45, 7) is 15.0. The number of nitrogens with one attached hydrogen (secondary N) is 2. The Kier molecular flexibility index (Phi) is 10.3. The van der Waals surface area contributed by atoms with Crippen LogP contribution >= 0.6 is 0 Å². The summed E-state index contributed by atoms with van der Waals surface area (Å²) in [5, 5.41) is 6.22.